The van der Waals surface area contributed by atoms with Gasteiger partial charge in [-0.2, -0.15) is 5.26 Å². The number of rotatable bonds is 4. The van der Waals surface area contributed by atoms with E-state index >= 15 is 0 Å². The fourth-order valence-electron chi connectivity index (χ4n) is 1.82. The minimum Gasteiger partial charge on any atom is -0.489 e. The van der Waals surface area contributed by atoms with Crippen LogP contribution in [0.2, 0.25) is 5.02 Å². The Hall–Kier alpha value is -2.58. The van der Waals surface area contributed by atoms with Gasteiger partial charge >= 0.3 is 0 Å². The van der Waals surface area contributed by atoms with Crippen LogP contribution in [0, 0.1) is 28.4 Å². The third kappa shape index (κ3) is 3.50. The Balaban J connectivity index is 2.12. The van der Waals surface area contributed by atoms with Crippen molar-refractivity contribution in [1.82, 2.24) is 0 Å². The summed E-state index contributed by atoms with van der Waals surface area (Å²) in [4.78, 5) is 10.3. The molecule has 0 amide bonds. The molecule has 106 valence electrons. The van der Waals surface area contributed by atoms with Gasteiger partial charge in [0.15, 0.2) is 0 Å². The van der Waals surface area contributed by atoms with Crippen molar-refractivity contribution in [2.45, 2.75) is 13.5 Å². The lowest BCUT2D eigenvalue weighted by atomic mass is 10.1. The van der Waals surface area contributed by atoms with Crippen LogP contribution in [0.25, 0.3) is 0 Å². The van der Waals surface area contributed by atoms with Crippen LogP contribution < -0.4 is 4.74 Å². The fourth-order valence-corrected chi connectivity index (χ4v) is 2.05. The van der Waals surface area contributed by atoms with Crippen molar-refractivity contribution in [2.75, 3.05) is 0 Å². The van der Waals surface area contributed by atoms with Gasteiger partial charge in [0.2, 0.25) is 0 Å². The molecule has 0 aliphatic heterocycles. The Morgan fingerprint density at radius 3 is 2.67 bits per heavy atom. The Kier molecular flexibility index (Phi) is 4.41. The zero-order valence-electron chi connectivity index (χ0n) is 11.2. The number of nitro groups is 1. The Bertz CT molecular complexity index is 738. The maximum Gasteiger partial charge on any atom is 0.272 e. The first kappa shape index (κ1) is 14.8. The Labute approximate surface area is 126 Å². The second-order valence-electron chi connectivity index (χ2n) is 4.41. The summed E-state index contributed by atoms with van der Waals surface area (Å²) in [6.45, 7) is 1.88. The summed E-state index contributed by atoms with van der Waals surface area (Å²) >= 11 is 6.05. The highest BCUT2D eigenvalue weighted by molar-refractivity contribution is 6.31. The number of nitrogens with zero attached hydrogens (tertiary/aromatic N) is 2. The van der Waals surface area contributed by atoms with Crippen molar-refractivity contribution < 1.29 is 9.66 Å². The average molecular weight is 303 g/mol. The number of nitriles is 1. The van der Waals surface area contributed by atoms with Gasteiger partial charge in [-0.1, -0.05) is 17.7 Å². The van der Waals surface area contributed by atoms with Gasteiger partial charge in [-0.25, -0.2) is 0 Å². The maximum absolute atomic E-state index is 10.7. The highest BCUT2D eigenvalue weighted by Crippen LogP contribution is 2.25. The maximum atomic E-state index is 10.7. The second-order valence-corrected chi connectivity index (χ2v) is 4.82. The van der Waals surface area contributed by atoms with Gasteiger partial charge in [0.1, 0.15) is 12.4 Å². The normalized spacial score (nSPS) is 9.95. The molecule has 0 saturated heterocycles. The van der Waals surface area contributed by atoms with E-state index in [1.807, 2.05) is 6.07 Å². The monoisotopic (exact) mass is 302 g/mol. The fraction of sp³-hybridized carbons (Fsp3) is 0.133. The zero-order chi connectivity index (χ0) is 15.4. The number of benzene rings is 2. The number of hydrogen-bond donors (Lipinski definition) is 0. The molecule has 2 aromatic carbocycles. The standard InChI is InChI=1S/C15H11ClN2O3/c1-10-6-13(4-5-15(10)18(19)20)21-9-12-3-2-11(8-17)7-14(12)16/h2-7H,9H2,1H3. The molecule has 2 rings (SSSR count). The van der Waals surface area contributed by atoms with E-state index < -0.39 is 4.92 Å². The summed E-state index contributed by atoms with van der Waals surface area (Å²) in [5.41, 5.74) is 1.81. The molecule has 0 fully saturated rings. The zero-order valence-corrected chi connectivity index (χ0v) is 11.9. The predicted octanol–water partition coefficient (Wildman–Crippen LogP) is 4.01. The molecular formula is C15H11ClN2O3. The van der Waals surface area contributed by atoms with Gasteiger partial charge in [0.05, 0.1) is 16.6 Å². The van der Waals surface area contributed by atoms with Gasteiger partial charge in [0.25, 0.3) is 5.69 Å². The first-order chi connectivity index (χ1) is 10.0. The van der Waals surface area contributed by atoms with Crippen LogP contribution in [0.4, 0.5) is 5.69 Å². The molecular weight excluding hydrogens is 292 g/mol. The van der Waals surface area contributed by atoms with E-state index in [1.165, 1.54) is 6.07 Å². The van der Waals surface area contributed by atoms with Gasteiger partial charge < -0.3 is 4.74 Å². The highest BCUT2D eigenvalue weighted by atomic mass is 35.5. The first-order valence-electron chi connectivity index (χ1n) is 6.07. The number of halogens is 1. The van der Waals surface area contributed by atoms with E-state index in [0.29, 0.717) is 21.9 Å². The van der Waals surface area contributed by atoms with Crippen molar-refractivity contribution in [1.29, 1.82) is 5.26 Å². The van der Waals surface area contributed by atoms with E-state index in [0.717, 1.165) is 5.56 Å². The molecule has 0 atom stereocenters. The third-order valence-electron chi connectivity index (χ3n) is 2.94. The van der Waals surface area contributed by atoms with Gasteiger partial charge in [-0.15, -0.1) is 0 Å². The average Bonchev–Trinajstić information content (AvgIpc) is 2.45. The molecule has 0 N–H and O–H groups in total. The number of aryl methyl sites for hydroxylation is 1. The van der Waals surface area contributed by atoms with E-state index in [1.54, 1.807) is 37.3 Å². The largest absolute Gasteiger partial charge is 0.489 e. The summed E-state index contributed by atoms with van der Waals surface area (Å²) in [5, 5.41) is 20.0. The first-order valence-corrected chi connectivity index (χ1v) is 6.45. The Morgan fingerprint density at radius 2 is 2.10 bits per heavy atom. The molecule has 0 aromatic heterocycles. The SMILES string of the molecule is Cc1cc(OCc2ccc(C#N)cc2Cl)ccc1[N+](=O)[O-]. The van der Waals surface area contributed by atoms with Crippen molar-refractivity contribution in [3.05, 3.63) is 68.2 Å². The molecule has 6 heteroatoms. The van der Waals surface area contributed by atoms with Gasteiger partial charge in [-0.05, 0) is 31.2 Å². The lowest BCUT2D eigenvalue weighted by Gasteiger charge is -2.08. The number of nitro benzene ring substituents is 1. The summed E-state index contributed by atoms with van der Waals surface area (Å²) in [6.07, 6.45) is 0. The molecule has 0 heterocycles. The lowest BCUT2D eigenvalue weighted by Crippen LogP contribution is -1.98. The molecule has 0 unspecified atom stereocenters. The quantitative estimate of drug-likeness (QED) is 0.631. The van der Waals surface area contributed by atoms with Crippen LogP contribution in [0.5, 0.6) is 5.75 Å². The molecule has 21 heavy (non-hydrogen) atoms. The molecule has 0 aliphatic rings. The smallest absolute Gasteiger partial charge is 0.272 e. The molecule has 0 saturated carbocycles. The molecule has 2 aromatic rings. The summed E-state index contributed by atoms with van der Waals surface area (Å²) in [7, 11) is 0. The Morgan fingerprint density at radius 1 is 1.33 bits per heavy atom. The van der Waals surface area contributed by atoms with Crippen LogP contribution >= 0.6 is 11.6 Å². The van der Waals surface area contributed by atoms with Crippen molar-refractivity contribution in [2.24, 2.45) is 0 Å². The van der Waals surface area contributed by atoms with Crippen LogP contribution in [0.15, 0.2) is 36.4 Å². The topological polar surface area (TPSA) is 76.2 Å². The number of ether oxygens (including phenoxy) is 1. The van der Waals surface area contributed by atoms with E-state index in [2.05, 4.69) is 0 Å². The minimum atomic E-state index is -0.434. The molecule has 0 spiro atoms. The van der Waals surface area contributed by atoms with Crippen LogP contribution in [0.3, 0.4) is 0 Å². The lowest BCUT2D eigenvalue weighted by molar-refractivity contribution is -0.385. The van der Waals surface area contributed by atoms with Crippen molar-refractivity contribution in [3.63, 3.8) is 0 Å². The highest BCUT2D eigenvalue weighted by Gasteiger charge is 2.11. The van der Waals surface area contributed by atoms with Crippen LogP contribution in [-0.2, 0) is 6.61 Å². The molecule has 0 bridgehead atoms. The number of hydrogen-bond acceptors (Lipinski definition) is 4. The van der Waals surface area contributed by atoms with Gasteiger partial charge in [0, 0.05) is 22.2 Å². The second kappa shape index (κ2) is 6.25. The van der Waals surface area contributed by atoms with E-state index in [-0.39, 0.29) is 12.3 Å². The third-order valence-corrected chi connectivity index (χ3v) is 3.29. The molecule has 0 aliphatic carbocycles. The minimum absolute atomic E-state index is 0.0544. The van der Waals surface area contributed by atoms with E-state index in [9.17, 15) is 10.1 Å². The van der Waals surface area contributed by atoms with Gasteiger partial charge in [-0.3, -0.25) is 10.1 Å². The summed E-state index contributed by atoms with van der Waals surface area (Å²) in [6, 6.07) is 11.5. The van der Waals surface area contributed by atoms with Crippen molar-refractivity contribution >= 4 is 17.3 Å². The molecule has 0 radical (unpaired) electrons. The summed E-state index contributed by atoms with van der Waals surface area (Å²) < 4.78 is 5.57. The van der Waals surface area contributed by atoms with Crippen molar-refractivity contribution in [3.8, 4) is 11.8 Å². The van der Waals surface area contributed by atoms with Crippen LogP contribution in [0.1, 0.15) is 16.7 Å². The summed E-state index contributed by atoms with van der Waals surface area (Å²) in [5.74, 6) is 0.526. The van der Waals surface area contributed by atoms with Crippen LogP contribution in [-0.4, -0.2) is 4.92 Å². The predicted molar refractivity (Wildman–Crippen MR) is 78.3 cm³/mol. The van der Waals surface area contributed by atoms with E-state index in [4.69, 9.17) is 21.6 Å². The molecule has 5 nitrogen and oxygen atoms in total.